The van der Waals surface area contributed by atoms with Crippen LogP contribution in [0.2, 0.25) is 0 Å². The fraction of sp³-hybridized carbons (Fsp3) is 0.800. The molecular formula is C15H26O. The molecule has 1 aromatic carbocycles. The second-order valence-corrected chi connectivity index (χ2v) is 4.91. The van der Waals surface area contributed by atoms with Gasteiger partial charge in [-0.3, -0.25) is 4.79 Å². The van der Waals surface area contributed by atoms with Crippen LogP contribution in [0.3, 0.4) is 0 Å². The lowest BCUT2D eigenvalue weighted by Crippen LogP contribution is -1.84. The minimum absolute atomic E-state index is 0.410. The van der Waals surface area contributed by atoms with E-state index in [2.05, 4.69) is 13.8 Å². The molecule has 1 heteroatoms. The minimum atomic E-state index is 0.410. The number of unbranched alkanes of at least 4 members (excludes halogenated alkanes) is 6. The van der Waals surface area contributed by atoms with Crippen molar-refractivity contribution in [1.82, 2.24) is 0 Å². The van der Waals surface area contributed by atoms with Gasteiger partial charge in [-0.1, -0.05) is 52.4 Å². The van der Waals surface area contributed by atoms with Gasteiger partial charge in [0.15, 0.2) is 5.43 Å². The average molecular weight is 222 g/mol. The Kier molecular flexibility index (Phi) is 6.44. The molecule has 0 spiro atoms. The third-order valence-electron chi connectivity index (χ3n) is 3.41. The van der Waals surface area contributed by atoms with E-state index in [0.29, 0.717) is 5.43 Å². The Labute approximate surface area is 99.9 Å². The van der Waals surface area contributed by atoms with E-state index in [1.807, 2.05) is 0 Å². The Morgan fingerprint density at radius 1 is 0.688 bits per heavy atom. The molecule has 1 nitrogen and oxygen atoms in total. The van der Waals surface area contributed by atoms with Gasteiger partial charge in [0.2, 0.25) is 0 Å². The van der Waals surface area contributed by atoms with Crippen molar-refractivity contribution in [3.8, 4) is 0 Å². The summed E-state index contributed by atoms with van der Waals surface area (Å²) in [5.41, 5.74) is 2.79. The molecule has 0 saturated carbocycles. The Hall–Kier alpha value is -0.590. The molecule has 0 unspecified atom stereocenters. The Morgan fingerprint density at radius 3 is 1.50 bits per heavy atom. The van der Waals surface area contributed by atoms with Gasteiger partial charge in [-0.25, -0.2) is 0 Å². The number of hydrogen-bond acceptors (Lipinski definition) is 1. The van der Waals surface area contributed by atoms with Crippen molar-refractivity contribution < 1.29 is 0 Å². The van der Waals surface area contributed by atoms with Gasteiger partial charge >= 0.3 is 0 Å². The van der Waals surface area contributed by atoms with Crippen LogP contribution in [0.1, 0.15) is 76.3 Å². The Bertz CT molecular complexity index is 264. The lowest BCUT2D eigenvalue weighted by Gasteiger charge is -1.95. The van der Waals surface area contributed by atoms with Crippen LogP contribution in [0.5, 0.6) is 0 Å². The smallest absolute Gasteiger partial charge is 0.185 e. The second-order valence-electron chi connectivity index (χ2n) is 4.91. The molecule has 1 rings (SSSR count). The molecule has 1 aromatic rings. The highest BCUT2D eigenvalue weighted by Gasteiger charge is 2.19. The first-order valence-corrected chi connectivity index (χ1v) is 7.08. The summed E-state index contributed by atoms with van der Waals surface area (Å²) in [5, 5.41) is 0. The zero-order valence-corrected chi connectivity index (χ0v) is 11.0. The predicted molar refractivity (Wildman–Crippen MR) is 70.8 cm³/mol. The van der Waals surface area contributed by atoms with Gasteiger partial charge in [-0.05, 0) is 25.7 Å². The third-order valence-corrected chi connectivity index (χ3v) is 3.41. The topological polar surface area (TPSA) is 17.1 Å². The zero-order chi connectivity index (χ0) is 11.8. The standard InChI is InChI=1S/C15H26O/c1-3-5-7-9-11-13-14(15(13)16)12-10-8-6-4-2/h3-12H2,1-2H3. The first-order valence-electron chi connectivity index (χ1n) is 7.08. The highest BCUT2D eigenvalue weighted by atomic mass is 16.1. The SMILES string of the molecule is CCCCCCc1c(CCCCCC)c1=O. The zero-order valence-electron chi connectivity index (χ0n) is 11.0. The molecule has 16 heavy (non-hydrogen) atoms. The van der Waals surface area contributed by atoms with Crippen molar-refractivity contribution >= 4 is 0 Å². The summed E-state index contributed by atoms with van der Waals surface area (Å²) in [6, 6.07) is 0. The molecule has 0 saturated heterocycles. The quantitative estimate of drug-likeness (QED) is 0.543. The van der Waals surface area contributed by atoms with Crippen molar-refractivity contribution in [2.45, 2.75) is 78.1 Å². The fourth-order valence-corrected chi connectivity index (χ4v) is 2.23. The van der Waals surface area contributed by atoms with Gasteiger partial charge in [0.25, 0.3) is 0 Å². The lowest BCUT2D eigenvalue weighted by molar-refractivity contribution is 0.660. The third kappa shape index (κ3) is 4.51. The van der Waals surface area contributed by atoms with Gasteiger partial charge in [0.05, 0.1) is 0 Å². The van der Waals surface area contributed by atoms with Crippen LogP contribution in [-0.2, 0) is 12.8 Å². The van der Waals surface area contributed by atoms with Crippen LogP contribution >= 0.6 is 0 Å². The van der Waals surface area contributed by atoms with Crippen LogP contribution in [0, 0.1) is 0 Å². The summed E-state index contributed by atoms with van der Waals surface area (Å²) in [6.07, 6.45) is 12.3. The summed E-state index contributed by atoms with van der Waals surface area (Å²) >= 11 is 0. The molecule has 0 N–H and O–H groups in total. The van der Waals surface area contributed by atoms with Crippen molar-refractivity contribution in [2.24, 2.45) is 0 Å². The molecule has 0 amide bonds. The lowest BCUT2D eigenvalue weighted by atomic mass is 10.1. The van der Waals surface area contributed by atoms with E-state index in [4.69, 9.17) is 0 Å². The van der Waals surface area contributed by atoms with Gasteiger partial charge in [-0.2, -0.15) is 0 Å². The first-order chi connectivity index (χ1) is 7.81. The maximum atomic E-state index is 11.5. The average Bonchev–Trinajstić information content (AvgIpc) is 2.90. The summed E-state index contributed by atoms with van der Waals surface area (Å²) in [6.45, 7) is 4.45. The summed E-state index contributed by atoms with van der Waals surface area (Å²) in [5.74, 6) is 0. The van der Waals surface area contributed by atoms with Crippen LogP contribution in [0.4, 0.5) is 0 Å². The van der Waals surface area contributed by atoms with Crippen LogP contribution in [0.25, 0.3) is 0 Å². The van der Waals surface area contributed by atoms with E-state index >= 15 is 0 Å². The van der Waals surface area contributed by atoms with Crippen LogP contribution < -0.4 is 5.43 Å². The van der Waals surface area contributed by atoms with Gasteiger partial charge in [0, 0.05) is 11.1 Å². The monoisotopic (exact) mass is 222 g/mol. The summed E-state index contributed by atoms with van der Waals surface area (Å²) < 4.78 is 0. The van der Waals surface area contributed by atoms with Crippen molar-refractivity contribution in [3.05, 3.63) is 21.4 Å². The molecular weight excluding hydrogens is 196 g/mol. The fourth-order valence-electron chi connectivity index (χ4n) is 2.23. The highest BCUT2D eigenvalue weighted by molar-refractivity contribution is 5.39. The first kappa shape index (κ1) is 13.5. The van der Waals surface area contributed by atoms with Gasteiger partial charge in [-0.15, -0.1) is 0 Å². The van der Waals surface area contributed by atoms with Crippen molar-refractivity contribution in [3.63, 3.8) is 0 Å². The maximum absolute atomic E-state index is 11.5. The van der Waals surface area contributed by atoms with Crippen molar-refractivity contribution in [2.75, 3.05) is 0 Å². The van der Waals surface area contributed by atoms with Gasteiger partial charge in [0.1, 0.15) is 0 Å². The Balaban J connectivity index is 2.08. The largest absolute Gasteiger partial charge is 0.289 e. The van der Waals surface area contributed by atoms with E-state index in [1.165, 1.54) is 62.5 Å². The molecule has 0 heterocycles. The maximum Gasteiger partial charge on any atom is 0.185 e. The Morgan fingerprint density at radius 2 is 1.12 bits per heavy atom. The van der Waals surface area contributed by atoms with Gasteiger partial charge < -0.3 is 0 Å². The normalized spacial score (nSPS) is 11.4. The molecule has 0 radical (unpaired) electrons. The summed E-state index contributed by atoms with van der Waals surface area (Å²) in [7, 11) is 0. The number of rotatable bonds is 10. The van der Waals surface area contributed by atoms with Crippen molar-refractivity contribution in [1.29, 1.82) is 0 Å². The highest BCUT2D eigenvalue weighted by Crippen LogP contribution is 2.17. The van der Waals surface area contributed by atoms with Crippen LogP contribution in [0.15, 0.2) is 4.79 Å². The molecule has 0 aromatic heterocycles. The molecule has 0 fully saturated rings. The van der Waals surface area contributed by atoms with E-state index in [-0.39, 0.29) is 0 Å². The second kappa shape index (κ2) is 7.65. The molecule has 92 valence electrons. The number of hydrogen-bond donors (Lipinski definition) is 0. The molecule has 0 aliphatic rings. The predicted octanol–water partition coefficient (Wildman–Crippen LogP) is 4.17. The van der Waals surface area contributed by atoms with Crippen LogP contribution in [-0.4, -0.2) is 0 Å². The van der Waals surface area contributed by atoms with E-state index in [1.54, 1.807) is 0 Å². The molecule has 0 aliphatic heterocycles. The van der Waals surface area contributed by atoms with E-state index in [0.717, 1.165) is 12.8 Å². The molecule has 0 aliphatic carbocycles. The van der Waals surface area contributed by atoms with E-state index in [9.17, 15) is 4.79 Å². The van der Waals surface area contributed by atoms with E-state index < -0.39 is 0 Å². The molecule has 0 atom stereocenters. The molecule has 0 bridgehead atoms. The summed E-state index contributed by atoms with van der Waals surface area (Å²) in [4.78, 5) is 11.5. The minimum Gasteiger partial charge on any atom is -0.289 e.